The fourth-order valence-electron chi connectivity index (χ4n) is 2.07. The van der Waals surface area contributed by atoms with E-state index >= 15 is 0 Å². The lowest BCUT2D eigenvalue weighted by Gasteiger charge is -2.08. The first-order chi connectivity index (χ1) is 9.66. The molecule has 0 aliphatic carbocycles. The number of H-pyrrole nitrogens is 1. The molecule has 0 amide bonds. The molecule has 0 radical (unpaired) electrons. The molecule has 0 spiro atoms. The monoisotopic (exact) mass is 283 g/mol. The van der Waals surface area contributed by atoms with E-state index in [9.17, 15) is 0 Å². The second-order valence-electron chi connectivity index (χ2n) is 4.51. The van der Waals surface area contributed by atoms with Crippen LogP contribution in [0.2, 0.25) is 0 Å². The Kier molecular flexibility index (Phi) is 3.15. The third-order valence-corrected chi connectivity index (χ3v) is 3.30. The van der Waals surface area contributed by atoms with E-state index < -0.39 is 0 Å². The van der Waals surface area contributed by atoms with Crippen LogP contribution in [0.25, 0.3) is 17.1 Å². The summed E-state index contributed by atoms with van der Waals surface area (Å²) in [5.41, 5.74) is 3.56. The summed E-state index contributed by atoms with van der Waals surface area (Å²) in [5, 5.41) is 15.4. The molecule has 2 aromatic heterocycles. The van der Waals surface area contributed by atoms with Crippen molar-refractivity contribution < 1.29 is 0 Å². The minimum Gasteiger partial charge on any atom is -0.268 e. The first kappa shape index (κ1) is 12.7. The molecule has 0 aliphatic rings. The van der Waals surface area contributed by atoms with Gasteiger partial charge in [-0.2, -0.15) is 15.3 Å². The van der Waals surface area contributed by atoms with Crippen LogP contribution >= 0.6 is 12.2 Å². The normalized spacial score (nSPS) is 10.7. The van der Waals surface area contributed by atoms with Crippen molar-refractivity contribution in [3.63, 3.8) is 0 Å². The van der Waals surface area contributed by atoms with Crippen LogP contribution in [0.15, 0.2) is 36.4 Å². The number of rotatable bonds is 2. The van der Waals surface area contributed by atoms with E-state index in [1.807, 2.05) is 54.8 Å². The number of hydrogen-bond acceptors (Lipinski definition) is 4. The highest BCUT2D eigenvalue weighted by molar-refractivity contribution is 7.71. The highest BCUT2D eigenvalue weighted by Gasteiger charge is 2.14. The lowest BCUT2D eigenvalue weighted by molar-refractivity contribution is 0.932. The molecule has 20 heavy (non-hydrogen) atoms. The largest absolute Gasteiger partial charge is 0.268 e. The third-order valence-electron chi connectivity index (χ3n) is 3.03. The molecule has 0 aliphatic heterocycles. The maximum absolute atomic E-state index is 5.34. The molecule has 1 aromatic carbocycles. The lowest BCUT2D eigenvalue weighted by atomic mass is 10.2. The number of aromatic nitrogens is 5. The maximum Gasteiger partial charge on any atom is 0.200 e. The maximum atomic E-state index is 5.34. The Morgan fingerprint density at radius 1 is 1.10 bits per heavy atom. The topological polar surface area (TPSA) is 59.4 Å². The van der Waals surface area contributed by atoms with Crippen molar-refractivity contribution in [2.24, 2.45) is 0 Å². The second-order valence-corrected chi connectivity index (χ2v) is 4.89. The molecular weight excluding hydrogens is 270 g/mol. The van der Waals surface area contributed by atoms with Crippen molar-refractivity contribution >= 4 is 12.2 Å². The average Bonchev–Trinajstić information content (AvgIpc) is 2.84. The van der Waals surface area contributed by atoms with E-state index in [4.69, 9.17) is 12.2 Å². The van der Waals surface area contributed by atoms with E-state index in [1.54, 1.807) is 0 Å². The molecule has 100 valence electrons. The van der Waals surface area contributed by atoms with E-state index in [0.717, 1.165) is 28.5 Å². The van der Waals surface area contributed by atoms with Gasteiger partial charge in [0.05, 0.1) is 11.4 Å². The predicted molar refractivity (Wildman–Crippen MR) is 79.2 cm³/mol. The Labute approximate surface area is 121 Å². The van der Waals surface area contributed by atoms with Gasteiger partial charge in [-0.25, -0.2) is 0 Å². The quantitative estimate of drug-likeness (QED) is 0.734. The molecule has 0 bridgehead atoms. The van der Waals surface area contributed by atoms with Crippen LogP contribution in [-0.4, -0.2) is 25.0 Å². The molecule has 6 heteroatoms. The van der Waals surface area contributed by atoms with Gasteiger partial charge in [-0.1, -0.05) is 18.2 Å². The molecule has 1 N–H and O–H groups in total. The summed E-state index contributed by atoms with van der Waals surface area (Å²) in [5.74, 6) is 0.747. The molecule has 2 heterocycles. The number of nitrogens with zero attached hydrogens (tertiary/aromatic N) is 4. The molecule has 0 atom stereocenters. The van der Waals surface area contributed by atoms with Crippen molar-refractivity contribution in [1.82, 2.24) is 25.0 Å². The molecule has 0 saturated heterocycles. The molecular formula is C14H13N5S. The number of nitrogens with one attached hydrogen (secondary N) is 1. The van der Waals surface area contributed by atoms with Crippen molar-refractivity contribution in [3.05, 3.63) is 52.6 Å². The number of benzene rings is 1. The van der Waals surface area contributed by atoms with Gasteiger partial charge in [0.1, 0.15) is 0 Å². The lowest BCUT2D eigenvalue weighted by Crippen LogP contribution is -2.01. The SMILES string of the molecule is Cc1cc(-c2n[nH]c(=S)n2-c2ccccc2)c(C)nn1. The molecule has 0 fully saturated rings. The Hall–Kier alpha value is -2.34. The first-order valence-corrected chi connectivity index (χ1v) is 6.62. The van der Waals surface area contributed by atoms with Gasteiger partial charge in [0, 0.05) is 11.3 Å². The van der Waals surface area contributed by atoms with Crippen molar-refractivity contribution in [2.75, 3.05) is 0 Å². The van der Waals surface area contributed by atoms with Crippen LogP contribution in [0, 0.1) is 18.6 Å². The van der Waals surface area contributed by atoms with Crippen LogP contribution in [0.1, 0.15) is 11.4 Å². The van der Waals surface area contributed by atoms with Crippen LogP contribution in [0.3, 0.4) is 0 Å². The Morgan fingerprint density at radius 3 is 2.60 bits per heavy atom. The minimum absolute atomic E-state index is 0.556. The van der Waals surface area contributed by atoms with Crippen molar-refractivity contribution in [3.8, 4) is 17.1 Å². The predicted octanol–water partition coefficient (Wildman–Crippen LogP) is 3.00. The molecule has 5 nitrogen and oxygen atoms in total. The summed E-state index contributed by atoms with van der Waals surface area (Å²) in [7, 11) is 0. The molecule has 0 saturated carbocycles. The average molecular weight is 283 g/mol. The first-order valence-electron chi connectivity index (χ1n) is 6.21. The van der Waals surface area contributed by atoms with Gasteiger partial charge in [0.15, 0.2) is 10.6 Å². The molecule has 0 unspecified atom stereocenters. The summed E-state index contributed by atoms with van der Waals surface area (Å²) in [6, 6.07) is 11.9. The van der Waals surface area contributed by atoms with Gasteiger partial charge in [-0.05, 0) is 44.3 Å². The van der Waals surface area contributed by atoms with Gasteiger partial charge in [-0.15, -0.1) is 0 Å². The minimum atomic E-state index is 0.556. The van der Waals surface area contributed by atoms with Crippen molar-refractivity contribution in [1.29, 1.82) is 0 Å². The van der Waals surface area contributed by atoms with Gasteiger partial charge < -0.3 is 0 Å². The second kappa shape index (κ2) is 4.97. The van der Waals surface area contributed by atoms with Crippen LogP contribution in [0.4, 0.5) is 0 Å². The molecule has 3 rings (SSSR count). The van der Waals surface area contributed by atoms with E-state index in [2.05, 4.69) is 20.4 Å². The smallest absolute Gasteiger partial charge is 0.200 e. The zero-order chi connectivity index (χ0) is 14.1. The van der Waals surface area contributed by atoms with Gasteiger partial charge in [-0.3, -0.25) is 9.67 Å². The molecule has 3 aromatic rings. The number of para-hydroxylation sites is 1. The summed E-state index contributed by atoms with van der Waals surface area (Å²) in [6.45, 7) is 3.82. The fourth-order valence-corrected chi connectivity index (χ4v) is 2.31. The number of aryl methyl sites for hydroxylation is 2. The summed E-state index contributed by atoms with van der Waals surface area (Å²) in [6.07, 6.45) is 0. The van der Waals surface area contributed by atoms with Gasteiger partial charge in [0.25, 0.3) is 0 Å². The summed E-state index contributed by atoms with van der Waals surface area (Å²) < 4.78 is 2.46. The summed E-state index contributed by atoms with van der Waals surface area (Å²) in [4.78, 5) is 0. The fraction of sp³-hybridized carbons (Fsp3) is 0.143. The summed E-state index contributed by atoms with van der Waals surface area (Å²) >= 11 is 5.34. The number of aromatic amines is 1. The highest BCUT2D eigenvalue weighted by Crippen LogP contribution is 2.23. The Morgan fingerprint density at radius 2 is 1.85 bits per heavy atom. The standard InChI is InChI=1S/C14H13N5S/c1-9-8-12(10(2)16-15-9)13-17-18-14(20)19(13)11-6-4-3-5-7-11/h3-8H,1-2H3,(H,18,20). The highest BCUT2D eigenvalue weighted by atomic mass is 32.1. The number of hydrogen-bond donors (Lipinski definition) is 1. The van der Waals surface area contributed by atoms with Gasteiger partial charge >= 0.3 is 0 Å². The van der Waals surface area contributed by atoms with Crippen LogP contribution in [-0.2, 0) is 0 Å². The van der Waals surface area contributed by atoms with E-state index in [-0.39, 0.29) is 0 Å². The van der Waals surface area contributed by atoms with Crippen molar-refractivity contribution in [2.45, 2.75) is 13.8 Å². The Balaban J connectivity index is 2.27. The zero-order valence-electron chi connectivity index (χ0n) is 11.2. The zero-order valence-corrected chi connectivity index (χ0v) is 12.0. The van der Waals surface area contributed by atoms with Crippen LogP contribution in [0.5, 0.6) is 0 Å². The van der Waals surface area contributed by atoms with E-state index in [1.165, 1.54) is 0 Å². The third kappa shape index (κ3) is 2.14. The van der Waals surface area contributed by atoms with Crippen LogP contribution < -0.4 is 0 Å². The van der Waals surface area contributed by atoms with Gasteiger partial charge in [0.2, 0.25) is 0 Å². The van der Waals surface area contributed by atoms with E-state index in [0.29, 0.717) is 4.77 Å². The Bertz CT molecular complexity index is 804.